The summed E-state index contributed by atoms with van der Waals surface area (Å²) in [4.78, 5) is 4.59. The second kappa shape index (κ2) is 6.33. The van der Waals surface area contributed by atoms with Crippen LogP contribution in [-0.2, 0) is 12.8 Å². The molecule has 0 aliphatic heterocycles. The minimum atomic E-state index is 0.586. The fraction of sp³-hybridized carbons (Fsp3) is 0.688. The van der Waals surface area contributed by atoms with Crippen LogP contribution in [0.4, 0.5) is 0 Å². The number of hydrogen-bond acceptors (Lipinski definition) is 2. The number of rotatable bonds is 5. The van der Waals surface area contributed by atoms with Crippen molar-refractivity contribution in [1.29, 1.82) is 0 Å². The summed E-state index contributed by atoms with van der Waals surface area (Å²) in [5, 5.41) is 3.51. The lowest BCUT2D eigenvalue weighted by atomic mass is 9.87. The molecule has 1 saturated carbocycles. The molecule has 0 spiro atoms. The normalized spacial score (nSPS) is 25.3. The molecule has 1 N–H and O–H groups in total. The Morgan fingerprint density at radius 3 is 2.72 bits per heavy atom. The van der Waals surface area contributed by atoms with Gasteiger partial charge in [0.1, 0.15) is 0 Å². The SMILES string of the molecule is CCc1ccc(CC(NC)C2CCCC2C)nc1. The molecule has 1 aliphatic carbocycles. The number of pyridine rings is 1. The molecule has 100 valence electrons. The molecule has 0 radical (unpaired) electrons. The average molecular weight is 246 g/mol. The predicted molar refractivity (Wildman–Crippen MR) is 76.7 cm³/mol. The van der Waals surface area contributed by atoms with Crippen molar-refractivity contribution in [2.75, 3.05) is 7.05 Å². The highest BCUT2D eigenvalue weighted by atomic mass is 14.9. The molecule has 1 heterocycles. The fourth-order valence-electron chi connectivity index (χ4n) is 3.25. The molecule has 2 nitrogen and oxygen atoms in total. The molecule has 3 atom stereocenters. The van der Waals surface area contributed by atoms with Crippen molar-refractivity contribution >= 4 is 0 Å². The van der Waals surface area contributed by atoms with E-state index in [1.165, 1.54) is 30.5 Å². The fourth-order valence-corrected chi connectivity index (χ4v) is 3.25. The van der Waals surface area contributed by atoms with Gasteiger partial charge in [-0.3, -0.25) is 4.98 Å². The van der Waals surface area contributed by atoms with Crippen LogP contribution in [0.15, 0.2) is 18.3 Å². The summed E-state index contributed by atoms with van der Waals surface area (Å²) < 4.78 is 0. The molecule has 0 bridgehead atoms. The number of aryl methyl sites for hydroxylation is 1. The molecule has 1 aromatic rings. The Morgan fingerprint density at radius 1 is 1.39 bits per heavy atom. The number of likely N-dealkylation sites (N-methyl/N-ethyl adjacent to an activating group) is 1. The van der Waals surface area contributed by atoms with Gasteiger partial charge in [-0.1, -0.05) is 32.8 Å². The molecule has 1 aromatic heterocycles. The molecule has 1 aliphatic rings. The molecular weight excluding hydrogens is 220 g/mol. The van der Waals surface area contributed by atoms with Gasteiger partial charge >= 0.3 is 0 Å². The van der Waals surface area contributed by atoms with Gasteiger partial charge in [0.2, 0.25) is 0 Å². The Hall–Kier alpha value is -0.890. The van der Waals surface area contributed by atoms with E-state index in [9.17, 15) is 0 Å². The zero-order valence-corrected chi connectivity index (χ0v) is 11.9. The van der Waals surface area contributed by atoms with Crippen molar-refractivity contribution in [3.05, 3.63) is 29.6 Å². The summed E-state index contributed by atoms with van der Waals surface area (Å²) in [5.74, 6) is 1.68. The molecule has 0 aromatic carbocycles. The second-order valence-electron chi connectivity index (χ2n) is 5.68. The van der Waals surface area contributed by atoms with Crippen molar-refractivity contribution in [3.63, 3.8) is 0 Å². The van der Waals surface area contributed by atoms with Gasteiger partial charge in [0.25, 0.3) is 0 Å². The summed E-state index contributed by atoms with van der Waals surface area (Å²) in [6.45, 7) is 4.57. The highest BCUT2D eigenvalue weighted by Crippen LogP contribution is 2.34. The molecule has 2 rings (SSSR count). The minimum Gasteiger partial charge on any atom is -0.316 e. The van der Waals surface area contributed by atoms with E-state index in [-0.39, 0.29) is 0 Å². The number of aromatic nitrogens is 1. The standard InChI is InChI=1S/C16H26N2/c1-4-13-8-9-14(18-11-13)10-16(17-3)15-7-5-6-12(15)2/h8-9,11-12,15-17H,4-7,10H2,1-3H3. The zero-order chi connectivity index (χ0) is 13.0. The Bertz CT molecular complexity index is 358. The number of hydrogen-bond donors (Lipinski definition) is 1. The Balaban J connectivity index is 2.00. The van der Waals surface area contributed by atoms with Gasteiger partial charge in [0, 0.05) is 24.4 Å². The van der Waals surface area contributed by atoms with Crippen LogP contribution in [-0.4, -0.2) is 18.1 Å². The van der Waals surface area contributed by atoms with Gasteiger partial charge in [-0.05, 0) is 43.4 Å². The molecule has 0 saturated heterocycles. The summed E-state index contributed by atoms with van der Waals surface area (Å²) in [7, 11) is 2.09. The summed E-state index contributed by atoms with van der Waals surface area (Å²) in [5.41, 5.74) is 2.56. The molecule has 1 fully saturated rings. The van der Waals surface area contributed by atoms with Gasteiger partial charge in [0.15, 0.2) is 0 Å². The van der Waals surface area contributed by atoms with E-state index in [2.05, 4.69) is 43.3 Å². The minimum absolute atomic E-state index is 0.586. The topological polar surface area (TPSA) is 24.9 Å². The van der Waals surface area contributed by atoms with Crippen LogP contribution < -0.4 is 5.32 Å². The van der Waals surface area contributed by atoms with Gasteiger partial charge in [-0.25, -0.2) is 0 Å². The van der Waals surface area contributed by atoms with Crippen LogP contribution in [0.3, 0.4) is 0 Å². The monoisotopic (exact) mass is 246 g/mol. The first-order chi connectivity index (χ1) is 8.74. The van der Waals surface area contributed by atoms with Gasteiger partial charge in [-0.2, -0.15) is 0 Å². The van der Waals surface area contributed by atoms with Crippen molar-refractivity contribution in [1.82, 2.24) is 10.3 Å². The number of nitrogens with zero attached hydrogens (tertiary/aromatic N) is 1. The Kier molecular flexibility index (Phi) is 4.76. The Labute approximate surface area is 111 Å². The first kappa shape index (κ1) is 13.5. The summed E-state index contributed by atoms with van der Waals surface area (Å²) >= 11 is 0. The first-order valence-electron chi connectivity index (χ1n) is 7.35. The lowest BCUT2D eigenvalue weighted by Crippen LogP contribution is -2.37. The van der Waals surface area contributed by atoms with Crippen LogP contribution >= 0.6 is 0 Å². The highest BCUT2D eigenvalue weighted by Gasteiger charge is 2.30. The largest absolute Gasteiger partial charge is 0.316 e. The number of nitrogens with one attached hydrogen (secondary N) is 1. The Morgan fingerprint density at radius 2 is 2.22 bits per heavy atom. The van der Waals surface area contributed by atoms with E-state index < -0.39 is 0 Å². The first-order valence-corrected chi connectivity index (χ1v) is 7.35. The highest BCUT2D eigenvalue weighted by molar-refractivity contribution is 5.15. The third-order valence-corrected chi connectivity index (χ3v) is 4.54. The molecule has 18 heavy (non-hydrogen) atoms. The predicted octanol–water partition coefficient (Wildman–Crippen LogP) is 3.21. The van der Waals surface area contributed by atoms with Crippen LogP contribution in [0.1, 0.15) is 44.4 Å². The van der Waals surface area contributed by atoms with E-state index in [1.807, 2.05) is 6.20 Å². The summed E-state index contributed by atoms with van der Waals surface area (Å²) in [6, 6.07) is 5.00. The average Bonchev–Trinajstić information content (AvgIpc) is 2.83. The van der Waals surface area contributed by atoms with E-state index >= 15 is 0 Å². The third-order valence-electron chi connectivity index (χ3n) is 4.54. The lowest BCUT2D eigenvalue weighted by molar-refractivity contribution is 0.306. The maximum absolute atomic E-state index is 4.59. The second-order valence-corrected chi connectivity index (χ2v) is 5.68. The molecule has 3 unspecified atom stereocenters. The van der Waals surface area contributed by atoms with Gasteiger partial charge in [0.05, 0.1) is 0 Å². The maximum Gasteiger partial charge on any atom is 0.0419 e. The van der Waals surface area contributed by atoms with E-state index in [1.54, 1.807) is 0 Å². The van der Waals surface area contributed by atoms with Gasteiger partial charge < -0.3 is 5.32 Å². The third kappa shape index (κ3) is 3.11. The van der Waals surface area contributed by atoms with Crippen LogP contribution in [0.5, 0.6) is 0 Å². The zero-order valence-electron chi connectivity index (χ0n) is 11.9. The van der Waals surface area contributed by atoms with Crippen LogP contribution in [0, 0.1) is 11.8 Å². The van der Waals surface area contributed by atoms with Crippen molar-refractivity contribution in [2.45, 2.75) is 52.0 Å². The molecule has 0 amide bonds. The van der Waals surface area contributed by atoms with E-state index in [0.717, 1.165) is 24.7 Å². The molecular formula is C16H26N2. The van der Waals surface area contributed by atoms with Crippen LogP contribution in [0.25, 0.3) is 0 Å². The maximum atomic E-state index is 4.59. The van der Waals surface area contributed by atoms with Crippen molar-refractivity contribution < 1.29 is 0 Å². The lowest BCUT2D eigenvalue weighted by Gasteiger charge is -2.26. The van der Waals surface area contributed by atoms with E-state index in [4.69, 9.17) is 0 Å². The van der Waals surface area contributed by atoms with Crippen LogP contribution in [0.2, 0.25) is 0 Å². The smallest absolute Gasteiger partial charge is 0.0419 e. The van der Waals surface area contributed by atoms with Crippen molar-refractivity contribution in [2.24, 2.45) is 11.8 Å². The summed E-state index contributed by atoms with van der Waals surface area (Å²) in [6.07, 6.45) is 8.33. The quantitative estimate of drug-likeness (QED) is 0.863. The van der Waals surface area contributed by atoms with E-state index in [0.29, 0.717) is 6.04 Å². The van der Waals surface area contributed by atoms with Gasteiger partial charge in [-0.15, -0.1) is 0 Å². The van der Waals surface area contributed by atoms with Crippen molar-refractivity contribution in [3.8, 4) is 0 Å². The molecule has 2 heteroatoms.